The number of nitrogens with one attached hydrogen (secondary N) is 1. The van der Waals surface area contributed by atoms with Gasteiger partial charge in [0.05, 0.1) is 18.8 Å². The minimum absolute atomic E-state index is 0.0467. The molecule has 1 fully saturated rings. The molecule has 1 aliphatic rings. The number of hydrogen-bond donors (Lipinski definition) is 4. The zero-order valence-electron chi connectivity index (χ0n) is 10.9. The lowest BCUT2D eigenvalue weighted by Crippen LogP contribution is -2.45. The third kappa shape index (κ3) is 4.92. The van der Waals surface area contributed by atoms with E-state index in [0.717, 1.165) is 25.7 Å². The van der Waals surface area contributed by atoms with Gasteiger partial charge < -0.3 is 20.6 Å². The van der Waals surface area contributed by atoms with Crippen LogP contribution in [0.25, 0.3) is 0 Å². The van der Waals surface area contributed by atoms with E-state index >= 15 is 0 Å². The molecule has 0 aromatic heterocycles. The van der Waals surface area contributed by atoms with Gasteiger partial charge in [-0.25, -0.2) is 0 Å². The SMILES string of the molecule is CC(CO)(CO)CNCC1(O)CCCCCC1. The van der Waals surface area contributed by atoms with Crippen molar-refractivity contribution in [2.75, 3.05) is 26.3 Å². The molecular weight excluding hydrogens is 218 g/mol. The van der Waals surface area contributed by atoms with Crippen LogP contribution in [-0.2, 0) is 0 Å². The molecule has 0 unspecified atom stereocenters. The van der Waals surface area contributed by atoms with Gasteiger partial charge in [-0.3, -0.25) is 0 Å². The van der Waals surface area contributed by atoms with Crippen molar-refractivity contribution in [1.82, 2.24) is 5.32 Å². The van der Waals surface area contributed by atoms with Gasteiger partial charge in [-0.2, -0.15) is 0 Å². The fraction of sp³-hybridized carbons (Fsp3) is 1.00. The van der Waals surface area contributed by atoms with Gasteiger partial charge >= 0.3 is 0 Å². The second-order valence-electron chi connectivity index (χ2n) is 5.87. The number of rotatable bonds is 6. The Morgan fingerprint density at radius 3 is 2.06 bits per heavy atom. The molecule has 0 aromatic carbocycles. The van der Waals surface area contributed by atoms with Crippen LogP contribution in [0.2, 0.25) is 0 Å². The van der Waals surface area contributed by atoms with Crippen molar-refractivity contribution >= 4 is 0 Å². The number of aliphatic hydroxyl groups excluding tert-OH is 2. The Hall–Kier alpha value is -0.160. The Morgan fingerprint density at radius 1 is 1.06 bits per heavy atom. The molecule has 4 heteroatoms. The molecule has 0 radical (unpaired) electrons. The molecule has 17 heavy (non-hydrogen) atoms. The van der Waals surface area contributed by atoms with Crippen LogP contribution in [0.1, 0.15) is 45.4 Å². The molecule has 0 heterocycles. The Morgan fingerprint density at radius 2 is 1.59 bits per heavy atom. The maximum absolute atomic E-state index is 10.4. The van der Waals surface area contributed by atoms with E-state index in [1.54, 1.807) is 0 Å². The van der Waals surface area contributed by atoms with Gasteiger partial charge in [0.2, 0.25) is 0 Å². The first-order valence-corrected chi connectivity index (χ1v) is 6.68. The van der Waals surface area contributed by atoms with Gasteiger partial charge in [0, 0.05) is 18.5 Å². The smallest absolute Gasteiger partial charge is 0.0771 e. The summed E-state index contributed by atoms with van der Waals surface area (Å²) in [4.78, 5) is 0. The third-order valence-corrected chi connectivity index (χ3v) is 3.80. The summed E-state index contributed by atoms with van der Waals surface area (Å²) in [6, 6.07) is 0. The lowest BCUT2D eigenvalue weighted by Gasteiger charge is -2.30. The molecule has 0 bridgehead atoms. The summed E-state index contributed by atoms with van der Waals surface area (Å²) < 4.78 is 0. The van der Waals surface area contributed by atoms with Crippen molar-refractivity contribution < 1.29 is 15.3 Å². The van der Waals surface area contributed by atoms with E-state index in [0.29, 0.717) is 13.1 Å². The fourth-order valence-corrected chi connectivity index (χ4v) is 2.32. The average molecular weight is 245 g/mol. The van der Waals surface area contributed by atoms with Crippen LogP contribution in [0, 0.1) is 5.41 Å². The molecule has 0 saturated heterocycles. The zero-order chi connectivity index (χ0) is 12.8. The van der Waals surface area contributed by atoms with Crippen LogP contribution in [0.5, 0.6) is 0 Å². The Kier molecular flexibility index (Phi) is 5.86. The maximum Gasteiger partial charge on any atom is 0.0771 e. The molecular formula is C13H27NO3. The minimum Gasteiger partial charge on any atom is -0.396 e. The lowest BCUT2D eigenvalue weighted by molar-refractivity contribution is 0.0158. The van der Waals surface area contributed by atoms with Crippen molar-refractivity contribution in [3.63, 3.8) is 0 Å². The quantitative estimate of drug-likeness (QED) is 0.519. The predicted molar refractivity (Wildman–Crippen MR) is 67.8 cm³/mol. The standard InChI is InChI=1S/C13H27NO3/c1-12(10-15,11-16)8-14-9-13(17)6-4-2-3-5-7-13/h14-17H,2-11H2,1H3. The highest BCUT2D eigenvalue weighted by atomic mass is 16.3. The second-order valence-corrected chi connectivity index (χ2v) is 5.87. The van der Waals surface area contributed by atoms with Crippen molar-refractivity contribution in [2.24, 2.45) is 5.41 Å². The molecule has 0 atom stereocenters. The van der Waals surface area contributed by atoms with E-state index in [1.165, 1.54) is 12.8 Å². The van der Waals surface area contributed by atoms with Crippen molar-refractivity contribution in [1.29, 1.82) is 0 Å². The van der Waals surface area contributed by atoms with Crippen LogP contribution in [0.15, 0.2) is 0 Å². The topological polar surface area (TPSA) is 72.7 Å². The molecule has 102 valence electrons. The second kappa shape index (κ2) is 6.69. The summed E-state index contributed by atoms with van der Waals surface area (Å²) in [5, 5.41) is 31.9. The van der Waals surface area contributed by atoms with Gasteiger partial charge in [0.1, 0.15) is 0 Å². The summed E-state index contributed by atoms with van der Waals surface area (Å²) >= 11 is 0. The monoisotopic (exact) mass is 245 g/mol. The molecule has 4 N–H and O–H groups in total. The summed E-state index contributed by atoms with van der Waals surface area (Å²) in [6.45, 7) is 2.83. The van der Waals surface area contributed by atoms with Gasteiger partial charge in [-0.1, -0.05) is 32.6 Å². The van der Waals surface area contributed by atoms with Crippen molar-refractivity contribution in [3.05, 3.63) is 0 Å². The summed E-state index contributed by atoms with van der Waals surface area (Å²) in [7, 11) is 0. The van der Waals surface area contributed by atoms with Crippen molar-refractivity contribution in [3.8, 4) is 0 Å². The molecule has 4 nitrogen and oxygen atoms in total. The van der Waals surface area contributed by atoms with E-state index in [2.05, 4.69) is 5.32 Å². The highest BCUT2D eigenvalue weighted by Gasteiger charge is 2.29. The molecule has 1 rings (SSSR count). The van der Waals surface area contributed by atoms with Crippen LogP contribution in [0.3, 0.4) is 0 Å². The van der Waals surface area contributed by atoms with Gasteiger partial charge in [-0.15, -0.1) is 0 Å². The minimum atomic E-state index is -0.595. The van der Waals surface area contributed by atoms with E-state index < -0.39 is 11.0 Å². The van der Waals surface area contributed by atoms with E-state index in [1.807, 2.05) is 6.92 Å². The Labute approximate surface area is 104 Å². The zero-order valence-corrected chi connectivity index (χ0v) is 10.9. The Bertz CT molecular complexity index is 209. The molecule has 0 spiro atoms. The van der Waals surface area contributed by atoms with Crippen LogP contribution >= 0.6 is 0 Å². The molecule has 1 aliphatic carbocycles. The third-order valence-electron chi connectivity index (χ3n) is 3.80. The van der Waals surface area contributed by atoms with Crippen LogP contribution in [0.4, 0.5) is 0 Å². The largest absolute Gasteiger partial charge is 0.396 e. The average Bonchev–Trinajstić information content (AvgIpc) is 2.54. The molecule has 0 aliphatic heterocycles. The highest BCUT2D eigenvalue weighted by molar-refractivity contribution is 4.85. The first kappa shape index (κ1) is 14.9. The Balaban J connectivity index is 2.33. The van der Waals surface area contributed by atoms with Crippen LogP contribution < -0.4 is 5.32 Å². The van der Waals surface area contributed by atoms with E-state index in [4.69, 9.17) is 10.2 Å². The first-order chi connectivity index (χ1) is 8.04. The summed E-state index contributed by atoms with van der Waals surface area (Å²) in [5.74, 6) is 0. The fourth-order valence-electron chi connectivity index (χ4n) is 2.32. The molecule has 0 amide bonds. The summed E-state index contributed by atoms with van der Waals surface area (Å²) in [5.41, 5.74) is -1.09. The predicted octanol–water partition coefficient (Wildman–Crippen LogP) is 0.652. The van der Waals surface area contributed by atoms with Crippen molar-refractivity contribution in [2.45, 2.75) is 51.0 Å². The molecule has 1 saturated carbocycles. The van der Waals surface area contributed by atoms with Crippen LogP contribution in [-0.4, -0.2) is 47.2 Å². The van der Waals surface area contributed by atoms with E-state index in [9.17, 15) is 5.11 Å². The van der Waals surface area contributed by atoms with Gasteiger partial charge in [-0.05, 0) is 12.8 Å². The lowest BCUT2D eigenvalue weighted by atomic mass is 9.91. The first-order valence-electron chi connectivity index (χ1n) is 6.68. The summed E-state index contributed by atoms with van der Waals surface area (Å²) in [6.07, 6.45) is 6.33. The maximum atomic E-state index is 10.4. The highest BCUT2D eigenvalue weighted by Crippen LogP contribution is 2.26. The number of hydrogen-bond acceptors (Lipinski definition) is 4. The number of aliphatic hydroxyl groups is 3. The normalized spacial score (nSPS) is 21.2. The molecule has 0 aromatic rings. The van der Waals surface area contributed by atoms with E-state index in [-0.39, 0.29) is 13.2 Å². The van der Waals surface area contributed by atoms with Gasteiger partial charge in [0.15, 0.2) is 0 Å². The van der Waals surface area contributed by atoms with Gasteiger partial charge in [0.25, 0.3) is 0 Å².